The predicted molar refractivity (Wildman–Crippen MR) is 136 cm³/mol. The smallest absolute Gasteiger partial charge is 0.251 e. The Kier molecular flexibility index (Phi) is 7.41. The van der Waals surface area contributed by atoms with Gasteiger partial charge in [-0.25, -0.2) is 8.42 Å². The number of benzene rings is 2. The highest BCUT2D eigenvalue weighted by Crippen LogP contribution is 2.35. The van der Waals surface area contributed by atoms with Gasteiger partial charge < -0.3 is 15.5 Å². The number of thioether (sulfide) groups is 1. The van der Waals surface area contributed by atoms with Gasteiger partial charge in [0.2, 0.25) is 0 Å². The van der Waals surface area contributed by atoms with Crippen LogP contribution in [0.2, 0.25) is 0 Å². The van der Waals surface area contributed by atoms with Crippen molar-refractivity contribution in [1.82, 2.24) is 10.2 Å². The number of fused-ring (bicyclic) bond motifs is 1. The summed E-state index contributed by atoms with van der Waals surface area (Å²) in [6.45, 7) is 4.36. The molecule has 0 saturated carbocycles. The maximum Gasteiger partial charge on any atom is 0.251 e. The third-order valence-electron chi connectivity index (χ3n) is 5.86. The van der Waals surface area contributed by atoms with E-state index >= 15 is 0 Å². The summed E-state index contributed by atoms with van der Waals surface area (Å²) in [6.07, 6.45) is 0.866. The van der Waals surface area contributed by atoms with Gasteiger partial charge in [-0.15, -0.1) is 0 Å². The molecule has 1 saturated heterocycles. The second-order valence-electron chi connectivity index (χ2n) is 8.72. The molecule has 2 aromatic rings. The zero-order chi connectivity index (χ0) is 23.4. The standard InChI is InChI=1S/C24H30N4O3S2/c1-17-9-10-19(13-20(17)26-24-27-21-15-33(30,31)16-22(21)32-24)23(29)25-11-6-12-28(2)14-18-7-4-3-5-8-18/h3-5,7-10,13,21-22H,6,11-12,14-16H2,1-2H3,(H,25,29)(H,26,27)/t21-,22+/m0/s1. The predicted octanol–water partition coefficient (Wildman–Crippen LogP) is 2.93. The average Bonchev–Trinajstić information content (AvgIpc) is 3.25. The van der Waals surface area contributed by atoms with Crippen LogP contribution in [0.3, 0.4) is 0 Å². The molecule has 0 radical (unpaired) electrons. The van der Waals surface area contributed by atoms with E-state index in [0.717, 1.165) is 35.9 Å². The molecule has 7 nitrogen and oxygen atoms in total. The lowest BCUT2D eigenvalue weighted by atomic mass is 10.1. The SMILES string of the molecule is Cc1ccc(C(=O)NCCCN(C)Cc2ccccc2)cc1NC1=N[C@H]2CS(=O)(=O)C[C@H]2S1. The fourth-order valence-electron chi connectivity index (χ4n) is 4.06. The van der Waals surface area contributed by atoms with Crippen LogP contribution in [0.25, 0.3) is 0 Å². The zero-order valence-electron chi connectivity index (χ0n) is 19.0. The van der Waals surface area contributed by atoms with Gasteiger partial charge in [-0.05, 0) is 50.2 Å². The lowest BCUT2D eigenvalue weighted by molar-refractivity contribution is 0.0952. The maximum absolute atomic E-state index is 12.7. The van der Waals surface area contributed by atoms with Crippen molar-refractivity contribution in [3.05, 3.63) is 65.2 Å². The minimum Gasteiger partial charge on any atom is -0.352 e. The van der Waals surface area contributed by atoms with E-state index in [1.807, 2.05) is 43.3 Å². The van der Waals surface area contributed by atoms with Crippen LogP contribution in [-0.4, -0.2) is 67.3 Å². The highest BCUT2D eigenvalue weighted by Gasteiger charge is 2.42. The Morgan fingerprint density at radius 1 is 1.18 bits per heavy atom. The van der Waals surface area contributed by atoms with E-state index in [0.29, 0.717) is 12.1 Å². The van der Waals surface area contributed by atoms with Crippen LogP contribution >= 0.6 is 11.8 Å². The fourth-order valence-corrected chi connectivity index (χ4v) is 7.72. The van der Waals surface area contributed by atoms with Gasteiger partial charge in [-0.2, -0.15) is 0 Å². The van der Waals surface area contributed by atoms with Crippen LogP contribution in [0.5, 0.6) is 0 Å². The Morgan fingerprint density at radius 3 is 2.73 bits per heavy atom. The minimum absolute atomic E-state index is 0.00990. The molecule has 2 heterocycles. The summed E-state index contributed by atoms with van der Waals surface area (Å²) in [5.74, 6) is 0.198. The molecule has 0 aliphatic carbocycles. The Bertz CT molecular complexity index is 1140. The van der Waals surface area contributed by atoms with Crippen LogP contribution in [0, 0.1) is 6.92 Å². The van der Waals surface area contributed by atoms with Crippen LogP contribution in [0.15, 0.2) is 53.5 Å². The van der Waals surface area contributed by atoms with Crippen LogP contribution < -0.4 is 10.6 Å². The van der Waals surface area contributed by atoms with Crippen molar-refractivity contribution in [2.24, 2.45) is 4.99 Å². The van der Waals surface area contributed by atoms with E-state index < -0.39 is 9.84 Å². The van der Waals surface area contributed by atoms with Gasteiger partial charge in [0, 0.05) is 29.6 Å². The zero-order valence-corrected chi connectivity index (χ0v) is 20.6. The summed E-state index contributed by atoms with van der Waals surface area (Å²) < 4.78 is 23.5. The number of carbonyl (C=O) groups is 1. The monoisotopic (exact) mass is 486 g/mol. The van der Waals surface area contributed by atoms with Crippen molar-refractivity contribution in [2.75, 3.05) is 37.0 Å². The molecule has 0 spiro atoms. The normalized spacial score (nSPS) is 21.0. The van der Waals surface area contributed by atoms with Crippen molar-refractivity contribution < 1.29 is 13.2 Å². The van der Waals surface area contributed by atoms with E-state index in [4.69, 9.17) is 0 Å². The average molecular weight is 487 g/mol. The van der Waals surface area contributed by atoms with Crippen LogP contribution in [-0.2, 0) is 16.4 Å². The number of amides is 1. The molecular weight excluding hydrogens is 456 g/mol. The molecule has 2 aromatic carbocycles. The molecular formula is C24H30N4O3S2. The summed E-state index contributed by atoms with van der Waals surface area (Å²) in [6, 6.07) is 15.7. The quantitative estimate of drug-likeness (QED) is 0.558. The van der Waals surface area contributed by atoms with E-state index in [-0.39, 0.29) is 28.7 Å². The van der Waals surface area contributed by atoms with Crippen molar-refractivity contribution in [3.8, 4) is 0 Å². The van der Waals surface area contributed by atoms with Crippen molar-refractivity contribution >= 4 is 38.4 Å². The fraction of sp³-hybridized carbons (Fsp3) is 0.417. The Morgan fingerprint density at radius 2 is 1.97 bits per heavy atom. The molecule has 1 fully saturated rings. The summed E-state index contributed by atoms with van der Waals surface area (Å²) in [5, 5.41) is 7.02. The first-order valence-corrected chi connectivity index (χ1v) is 13.8. The molecule has 176 valence electrons. The molecule has 2 atom stereocenters. The van der Waals surface area contributed by atoms with E-state index in [1.54, 1.807) is 0 Å². The summed E-state index contributed by atoms with van der Waals surface area (Å²) in [5.41, 5.74) is 3.69. The number of hydrogen-bond acceptors (Lipinski definition) is 7. The Balaban J connectivity index is 1.26. The highest BCUT2D eigenvalue weighted by atomic mass is 32.2. The molecule has 0 bridgehead atoms. The molecule has 2 N–H and O–H groups in total. The number of rotatable bonds is 8. The maximum atomic E-state index is 12.7. The first kappa shape index (κ1) is 23.8. The topological polar surface area (TPSA) is 90.9 Å². The first-order valence-electron chi connectivity index (χ1n) is 11.1. The number of aryl methyl sites for hydroxylation is 1. The molecule has 33 heavy (non-hydrogen) atoms. The van der Waals surface area contributed by atoms with Crippen molar-refractivity contribution in [3.63, 3.8) is 0 Å². The molecule has 9 heteroatoms. The van der Waals surface area contributed by atoms with Crippen LogP contribution in [0.4, 0.5) is 5.69 Å². The number of nitrogens with zero attached hydrogens (tertiary/aromatic N) is 2. The summed E-state index contributed by atoms with van der Waals surface area (Å²) >= 11 is 1.48. The molecule has 0 unspecified atom stereocenters. The second kappa shape index (κ2) is 10.3. The molecule has 4 rings (SSSR count). The number of carbonyl (C=O) groups excluding carboxylic acids is 1. The Labute approximate surface area is 200 Å². The molecule has 2 aliphatic rings. The van der Waals surface area contributed by atoms with Gasteiger partial charge in [-0.3, -0.25) is 9.79 Å². The van der Waals surface area contributed by atoms with E-state index in [2.05, 4.69) is 39.7 Å². The first-order chi connectivity index (χ1) is 15.8. The number of anilines is 1. The van der Waals surface area contributed by atoms with E-state index in [1.165, 1.54) is 17.3 Å². The summed E-state index contributed by atoms with van der Waals surface area (Å²) in [4.78, 5) is 19.5. The summed E-state index contributed by atoms with van der Waals surface area (Å²) in [7, 11) is -0.889. The molecule has 2 aliphatic heterocycles. The lowest BCUT2D eigenvalue weighted by Gasteiger charge is -2.17. The number of hydrogen-bond donors (Lipinski definition) is 2. The lowest BCUT2D eigenvalue weighted by Crippen LogP contribution is -2.28. The number of nitrogens with one attached hydrogen (secondary N) is 2. The van der Waals surface area contributed by atoms with Gasteiger partial charge in [-0.1, -0.05) is 48.2 Å². The highest BCUT2D eigenvalue weighted by molar-refractivity contribution is 8.15. The number of sulfone groups is 1. The number of aliphatic imine (C=N–C) groups is 1. The molecule has 1 amide bonds. The van der Waals surface area contributed by atoms with Gasteiger partial charge in [0.25, 0.3) is 5.91 Å². The van der Waals surface area contributed by atoms with Crippen molar-refractivity contribution in [2.45, 2.75) is 31.2 Å². The largest absolute Gasteiger partial charge is 0.352 e. The van der Waals surface area contributed by atoms with Gasteiger partial charge in [0.15, 0.2) is 15.0 Å². The Hall–Kier alpha value is -2.36. The third kappa shape index (κ3) is 6.37. The van der Waals surface area contributed by atoms with E-state index in [9.17, 15) is 13.2 Å². The molecule has 0 aromatic heterocycles. The third-order valence-corrected chi connectivity index (χ3v) is 9.00. The van der Waals surface area contributed by atoms with Gasteiger partial charge in [0.1, 0.15) is 0 Å². The van der Waals surface area contributed by atoms with Crippen LogP contribution in [0.1, 0.15) is 27.9 Å². The van der Waals surface area contributed by atoms with Crippen molar-refractivity contribution in [1.29, 1.82) is 0 Å². The van der Waals surface area contributed by atoms with Gasteiger partial charge in [0.05, 0.1) is 17.5 Å². The van der Waals surface area contributed by atoms with Gasteiger partial charge >= 0.3 is 0 Å². The second-order valence-corrected chi connectivity index (χ2v) is 12.1. The number of amidine groups is 1. The minimum atomic E-state index is -2.97.